The summed E-state index contributed by atoms with van der Waals surface area (Å²) >= 11 is 0. The summed E-state index contributed by atoms with van der Waals surface area (Å²) in [5.41, 5.74) is -1.48. The molecule has 0 aliphatic carbocycles. The third kappa shape index (κ3) is 2.74. The quantitative estimate of drug-likeness (QED) is 0.877. The summed E-state index contributed by atoms with van der Waals surface area (Å²) in [6, 6.07) is 0. The number of rotatable bonds is 3. The summed E-state index contributed by atoms with van der Waals surface area (Å²) in [5, 5.41) is 8.54. The SMILES string of the molecule is CC(C)Cc1nc(C(F)(F)F)c(C(=O)O)o1. The summed E-state index contributed by atoms with van der Waals surface area (Å²) in [6.07, 6.45) is -4.65. The fraction of sp³-hybridized carbons (Fsp3) is 0.556. The Hall–Kier alpha value is -1.53. The fourth-order valence-electron chi connectivity index (χ4n) is 1.14. The summed E-state index contributed by atoms with van der Waals surface area (Å²) < 4.78 is 41.7. The fourth-order valence-corrected chi connectivity index (χ4v) is 1.14. The van der Waals surface area contributed by atoms with Crippen molar-refractivity contribution < 1.29 is 27.5 Å². The van der Waals surface area contributed by atoms with Gasteiger partial charge in [-0.05, 0) is 5.92 Å². The van der Waals surface area contributed by atoms with E-state index in [4.69, 9.17) is 5.11 Å². The van der Waals surface area contributed by atoms with Gasteiger partial charge in [0.1, 0.15) is 0 Å². The molecule has 4 nitrogen and oxygen atoms in total. The average molecular weight is 237 g/mol. The number of halogens is 3. The molecule has 1 heterocycles. The van der Waals surface area contributed by atoms with Gasteiger partial charge < -0.3 is 9.52 Å². The van der Waals surface area contributed by atoms with Gasteiger partial charge in [-0.25, -0.2) is 9.78 Å². The van der Waals surface area contributed by atoms with Crippen LogP contribution in [-0.2, 0) is 12.6 Å². The topological polar surface area (TPSA) is 63.3 Å². The third-order valence-electron chi connectivity index (χ3n) is 1.72. The first-order valence-corrected chi connectivity index (χ1v) is 4.52. The normalized spacial score (nSPS) is 12.1. The summed E-state index contributed by atoms with van der Waals surface area (Å²) in [7, 11) is 0. The van der Waals surface area contributed by atoms with Crippen LogP contribution in [0.2, 0.25) is 0 Å². The largest absolute Gasteiger partial charge is 0.475 e. The van der Waals surface area contributed by atoms with Crippen LogP contribution in [0.15, 0.2) is 4.42 Å². The first-order chi connectivity index (χ1) is 7.21. The zero-order valence-electron chi connectivity index (χ0n) is 8.63. The van der Waals surface area contributed by atoms with E-state index in [1.807, 2.05) is 0 Å². The van der Waals surface area contributed by atoms with Crippen LogP contribution < -0.4 is 0 Å². The van der Waals surface area contributed by atoms with Gasteiger partial charge in [-0.2, -0.15) is 13.2 Å². The van der Waals surface area contributed by atoms with E-state index in [1.165, 1.54) is 0 Å². The molecule has 0 spiro atoms. The predicted molar refractivity (Wildman–Crippen MR) is 47.0 cm³/mol. The van der Waals surface area contributed by atoms with Crippen molar-refractivity contribution in [3.63, 3.8) is 0 Å². The molecule has 0 unspecified atom stereocenters. The molecule has 0 radical (unpaired) electrons. The molecule has 0 saturated carbocycles. The second-order valence-corrected chi connectivity index (χ2v) is 3.69. The van der Waals surface area contributed by atoms with Crippen LogP contribution in [0.4, 0.5) is 13.2 Å². The molecule has 1 aromatic heterocycles. The van der Waals surface area contributed by atoms with Crippen LogP contribution in [0.1, 0.15) is 36.0 Å². The van der Waals surface area contributed by atoms with Crippen molar-refractivity contribution in [1.82, 2.24) is 4.98 Å². The van der Waals surface area contributed by atoms with Gasteiger partial charge in [0.15, 0.2) is 11.6 Å². The van der Waals surface area contributed by atoms with E-state index in [2.05, 4.69) is 9.40 Å². The van der Waals surface area contributed by atoms with Gasteiger partial charge in [-0.15, -0.1) is 0 Å². The third-order valence-corrected chi connectivity index (χ3v) is 1.72. The molecule has 0 aliphatic rings. The molecular formula is C9H10F3NO3. The van der Waals surface area contributed by atoms with Crippen LogP contribution >= 0.6 is 0 Å². The lowest BCUT2D eigenvalue weighted by Crippen LogP contribution is -2.11. The van der Waals surface area contributed by atoms with E-state index in [1.54, 1.807) is 13.8 Å². The van der Waals surface area contributed by atoms with Crippen LogP contribution in [0, 0.1) is 5.92 Å². The molecular weight excluding hydrogens is 227 g/mol. The Morgan fingerprint density at radius 1 is 1.50 bits per heavy atom. The van der Waals surface area contributed by atoms with E-state index in [-0.39, 0.29) is 18.2 Å². The number of hydrogen-bond acceptors (Lipinski definition) is 3. The zero-order valence-corrected chi connectivity index (χ0v) is 8.63. The number of aromatic nitrogens is 1. The number of hydrogen-bond donors (Lipinski definition) is 1. The van der Waals surface area contributed by atoms with Gasteiger partial charge in [0.25, 0.3) is 0 Å². The Morgan fingerprint density at radius 2 is 2.06 bits per heavy atom. The van der Waals surface area contributed by atoms with E-state index in [9.17, 15) is 18.0 Å². The van der Waals surface area contributed by atoms with Gasteiger partial charge in [0, 0.05) is 6.42 Å². The Labute approximate surface area is 89.1 Å². The molecule has 90 valence electrons. The monoisotopic (exact) mass is 237 g/mol. The highest BCUT2D eigenvalue weighted by Crippen LogP contribution is 2.32. The molecule has 1 N–H and O–H groups in total. The number of carboxylic acid groups (broad SMARTS) is 1. The molecule has 0 atom stereocenters. The number of carbonyl (C=O) groups is 1. The van der Waals surface area contributed by atoms with Gasteiger partial charge >= 0.3 is 12.1 Å². The second kappa shape index (κ2) is 4.15. The maximum atomic E-state index is 12.4. The molecule has 0 bridgehead atoms. The van der Waals surface area contributed by atoms with E-state index in [0.29, 0.717) is 0 Å². The lowest BCUT2D eigenvalue weighted by molar-refractivity contribution is -0.141. The first-order valence-electron chi connectivity index (χ1n) is 4.52. The molecule has 1 rings (SSSR count). The molecule has 0 aromatic carbocycles. The highest BCUT2D eigenvalue weighted by Gasteiger charge is 2.41. The number of nitrogens with zero attached hydrogens (tertiary/aromatic N) is 1. The van der Waals surface area contributed by atoms with Crippen molar-refractivity contribution in [3.8, 4) is 0 Å². The van der Waals surface area contributed by atoms with Crippen molar-refractivity contribution in [2.45, 2.75) is 26.4 Å². The molecule has 0 aliphatic heterocycles. The Morgan fingerprint density at radius 3 is 2.38 bits per heavy atom. The number of oxazole rings is 1. The molecule has 0 saturated heterocycles. The Kier molecular flexibility index (Phi) is 3.25. The first kappa shape index (κ1) is 12.5. The minimum atomic E-state index is -4.81. The smallest absolute Gasteiger partial charge is 0.437 e. The molecule has 0 fully saturated rings. The number of alkyl halides is 3. The highest BCUT2D eigenvalue weighted by molar-refractivity contribution is 5.85. The van der Waals surface area contributed by atoms with Gasteiger partial charge in [-0.1, -0.05) is 13.8 Å². The van der Waals surface area contributed by atoms with E-state index in [0.717, 1.165) is 0 Å². The maximum absolute atomic E-state index is 12.4. The van der Waals surface area contributed by atoms with Crippen molar-refractivity contribution in [2.24, 2.45) is 5.92 Å². The van der Waals surface area contributed by atoms with Gasteiger partial charge in [0.2, 0.25) is 5.76 Å². The summed E-state index contributed by atoms with van der Waals surface area (Å²) in [6.45, 7) is 3.52. The Bertz CT molecular complexity index is 395. The van der Waals surface area contributed by atoms with E-state index < -0.39 is 23.6 Å². The van der Waals surface area contributed by atoms with Crippen molar-refractivity contribution >= 4 is 5.97 Å². The van der Waals surface area contributed by atoms with Crippen LogP contribution in [0.3, 0.4) is 0 Å². The minimum absolute atomic E-state index is 0.0291. The Balaban J connectivity index is 3.16. The van der Waals surface area contributed by atoms with Crippen LogP contribution in [0.25, 0.3) is 0 Å². The summed E-state index contributed by atoms with van der Waals surface area (Å²) in [5.74, 6) is -3.10. The highest BCUT2D eigenvalue weighted by atomic mass is 19.4. The number of carboxylic acids is 1. The molecule has 0 amide bonds. The van der Waals surface area contributed by atoms with E-state index >= 15 is 0 Å². The molecule has 1 aromatic rings. The predicted octanol–water partition coefficient (Wildman–Crippen LogP) is 2.59. The minimum Gasteiger partial charge on any atom is -0.475 e. The number of aromatic carboxylic acids is 1. The lowest BCUT2D eigenvalue weighted by atomic mass is 10.1. The summed E-state index contributed by atoms with van der Waals surface area (Å²) in [4.78, 5) is 13.7. The zero-order chi connectivity index (χ0) is 12.5. The van der Waals surface area contributed by atoms with Crippen LogP contribution in [-0.4, -0.2) is 16.1 Å². The van der Waals surface area contributed by atoms with Crippen molar-refractivity contribution in [3.05, 3.63) is 17.3 Å². The molecule has 7 heteroatoms. The van der Waals surface area contributed by atoms with Gasteiger partial charge in [-0.3, -0.25) is 0 Å². The van der Waals surface area contributed by atoms with Crippen molar-refractivity contribution in [2.75, 3.05) is 0 Å². The lowest BCUT2D eigenvalue weighted by Gasteiger charge is -2.01. The van der Waals surface area contributed by atoms with Gasteiger partial charge in [0.05, 0.1) is 0 Å². The van der Waals surface area contributed by atoms with Crippen LogP contribution in [0.5, 0.6) is 0 Å². The second-order valence-electron chi connectivity index (χ2n) is 3.69. The molecule has 16 heavy (non-hydrogen) atoms. The average Bonchev–Trinajstić information content (AvgIpc) is 2.45. The maximum Gasteiger partial charge on any atom is 0.437 e. The van der Waals surface area contributed by atoms with Crippen molar-refractivity contribution in [1.29, 1.82) is 0 Å². The standard InChI is InChI=1S/C9H10F3NO3/c1-4(2)3-5-13-7(9(10,11)12)6(16-5)8(14)15/h4H,3H2,1-2H3,(H,14,15).